The fraction of sp³-hybridized carbons (Fsp3) is 0.935. The monoisotopic (exact) mass is 1010 g/mol. The van der Waals surface area contributed by atoms with Crippen molar-refractivity contribution in [3.8, 4) is 0 Å². The van der Waals surface area contributed by atoms with Crippen LogP contribution >= 0.6 is 0 Å². The molecule has 0 radical (unpaired) electrons. The van der Waals surface area contributed by atoms with Crippen molar-refractivity contribution in [2.45, 2.75) is 200 Å². The second kappa shape index (κ2) is 20.5. The van der Waals surface area contributed by atoms with Crippen LogP contribution in [0.25, 0.3) is 0 Å². The minimum absolute atomic E-state index is 0.00399. The van der Waals surface area contributed by atoms with E-state index in [0.717, 1.165) is 5.57 Å². The van der Waals surface area contributed by atoms with Crippen LogP contribution in [0, 0.1) is 40.4 Å². The molecule has 24 nitrogen and oxygen atoms in total. The zero-order chi connectivity index (χ0) is 50.5. The van der Waals surface area contributed by atoms with Crippen molar-refractivity contribution in [3.63, 3.8) is 0 Å². The molecular formula is C46H72O24. The maximum Gasteiger partial charge on any atom is 0.312 e. The molecule has 5 aliphatic heterocycles. The number of rotatable bonds is 12. The van der Waals surface area contributed by atoms with Gasteiger partial charge in [0.1, 0.15) is 97.7 Å². The van der Waals surface area contributed by atoms with E-state index in [2.05, 4.69) is 13.0 Å². The maximum absolute atomic E-state index is 13.5. The van der Waals surface area contributed by atoms with E-state index in [1.165, 1.54) is 6.92 Å². The van der Waals surface area contributed by atoms with E-state index in [1.807, 2.05) is 6.92 Å². The summed E-state index contributed by atoms with van der Waals surface area (Å²) in [5.74, 6) is -1.63. The van der Waals surface area contributed by atoms with Gasteiger partial charge in [-0.3, -0.25) is 4.79 Å². The Balaban J connectivity index is 0.993. The summed E-state index contributed by atoms with van der Waals surface area (Å²) in [7, 11) is 0. The lowest BCUT2D eigenvalue weighted by Crippen LogP contribution is -2.68. The Hall–Kier alpha value is -1.67. The van der Waals surface area contributed by atoms with E-state index in [-0.39, 0.29) is 36.7 Å². The van der Waals surface area contributed by atoms with Gasteiger partial charge < -0.3 is 114 Å². The highest BCUT2D eigenvalue weighted by atomic mass is 16.8. The van der Waals surface area contributed by atoms with Gasteiger partial charge in [0.05, 0.1) is 50.7 Å². The third kappa shape index (κ3) is 8.90. The Morgan fingerprint density at radius 1 is 0.629 bits per heavy atom. The summed E-state index contributed by atoms with van der Waals surface area (Å²) >= 11 is 0. The van der Waals surface area contributed by atoms with E-state index in [4.69, 9.17) is 42.6 Å². The van der Waals surface area contributed by atoms with Gasteiger partial charge in [0, 0.05) is 17.8 Å². The first-order chi connectivity index (χ1) is 33.2. The van der Waals surface area contributed by atoms with Crippen LogP contribution in [-0.2, 0) is 47.4 Å². The van der Waals surface area contributed by atoms with Gasteiger partial charge in [-0.05, 0) is 62.2 Å². The topological polar surface area (TPSA) is 383 Å². The number of esters is 1. The lowest BCUT2D eigenvalue weighted by molar-refractivity contribution is -0.397. The van der Waals surface area contributed by atoms with Gasteiger partial charge in [-0.1, -0.05) is 25.5 Å². The third-order valence-corrected chi connectivity index (χ3v) is 17.9. The number of ether oxygens (including phenoxy) is 9. The summed E-state index contributed by atoms with van der Waals surface area (Å²) in [5, 5.41) is 149. The summed E-state index contributed by atoms with van der Waals surface area (Å²) in [6.45, 7) is 3.13. The fourth-order valence-electron chi connectivity index (χ4n) is 13.9. The highest BCUT2D eigenvalue weighted by Gasteiger charge is 2.68. The van der Waals surface area contributed by atoms with Gasteiger partial charge in [0.15, 0.2) is 25.2 Å². The smallest absolute Gasteiger partial charge is 0.312 e. The predicted molar refractivity (Wildman–Crippen MR) is 228 cm³/mol. The van der Waals surface area contributed by atoms with E-state index >= 15 is 0 Å². The largest absolute Gasteiger partial charge is 0.462 e. The Morgan fingerprint density at radius 2 is 1.19 bits per heavy atom. The van der Waals surface area contributed by atoms with E-state index in [1.54, 1.807) is 0 Å². The lowest BCUT2D eigenvalue weighted by atomic mass is 9.46. The molecule has 30 atom stereocenters. The molecule has 9 rings (SSSR count). The molecule has 0 spiro atoms. The zero-order valence-electron chi connectivity index (χ0n) is 39.2. The minimum Gasteiger partial charge on any atom is -0.462 e. The summed E-state index contributed by atoms with van der Waals surface area (Å²) in [5.41, 5.74) is -0.350. The van der Waals surface area contributed by atoms with Crippen molar-refractivity contribution in [2.24, 2.45) is 40.4 Å². The Kier molecular flexibility index (Phi) is 15.5. The number of hydrogen-bond acceptors (Lipinski definition) is 24. The summed E-state index contributed by atoms with van der Waals surface area (Å²) in [6.07, 6.45) is -30.0. The molecule has 9 aliphatic rings. The molecule has 0 unspecified atom stereocenters. The van der Waals surface area contributed by atoms with Gasteiger partial charge >= 0.3 is 5.97 Å². The van der Waals surface area contributed by atoms with Gasteiger partial charge in [-0.25, -0.2) is 0 Å². The molecule has 14 N–H and O–H groups in total. The molecule has 400 valence electrons. The molecule has 0 amide bonds. The molecule has 0 aromatic rings. The summed E-state index contributed by atoms with van der Waals surface area (Å²) < 4.78 is 54.6. The van der Waals surface area contributed by atoms with Gasteiger partial charge in [0.25, 0.3) is 0 Å². The van der Waals surface area contributed by atoms with E-state index < -0.39 is 184 Å². The summed E-state index contributed by atoms with van der Waals surface area (Å²) in [4.78, 5) is 13.5. The molecule has 5 saturated heterocycles. The SMILES string of the molecule is C[C@H]1O[C@@H](O[C@H]2[C@H](O)[C@@H](CO)O[C@@H](O[C@@H]3C[C@H](O)CC4=CC[C@H]5[C@@H]6C[C@@H]7OC(=O)[C@H](CO[C@@H]8O[C@H](CO)[C@H](O)[C@H](O)[C@H]8O)[C@@H]7[C@@]6(C)CC[C@@H]5[C@]43C)[C@@H]2O[C@@H]2O[C@H](CO)[C@H](O)[C@H](O)[C@H]2O)[C@H](O)[C@@H](O)[C@H]1O. The summed E-state index contributed by atoms with van der Waals surface area (Å²) in [6, 6.07) is 0. The van der Waals surface area contributed by atoms with Gasteiger partial charge in [-0.2, -0.15) is 0 Å². The predicted octanol–water partition coefficient (Wildman–Crippen LogP) is -5.63. The molecule has 3 saturated carbocycles. The van der Waals surface area contributed by atoms with Crippen LogP contribution in [0.4, 0.5) is 0 Å². The number of carbonyl (C=O) groups excluding carboxylic acids is 1. The van der Waals surface area contributed by atoms with Crippen molar-refractivity contribution in [1.82, 2.24) is 0 Å². The Labute approximate surface area is 403 Å². The van der Waals surface area contributed by atoms with Crippen molar-refractivity contribution < 1.29 is 119 Å². The first-order valence-electron chi connectivity index (χ1n) is 24.6. The second-order valence-electron chi connectivity index (χ2n) is 21.6. The third-order valence-electron chi connectivity index (χ3n) is 17.9. The number of hydrogen-bond donors (Lipinski definition) is 14. The Morgan fingerprint density at radius 3 is 1.83 bits per heavy atom. The average molecular weight is 1010 g/mol. The Bertz CT molecular complexity index is 1860. The lowest BCUT2D eigenvalue weighted by Gasteiger charge is -2.60. The van der Waals surface area contributed by atoms with Crippen molar-refractivity contribution in [2.75, 3.05) is 26.4 Å². The van der Waals surface area contributed by atoms with Crippen LogP contribution in [0.5, 0.6) is 0 Å². The van der Waals surface area contributed by atoms with Crippen molar-refractivity contribution in [3.05, 3.63) is 11.6 Å². The molecule has 0 aromatic heterocycles. The molecule has 24 heteroatoms. The highest BCUT2D eigenvalue weighted by Crippen LogP contribution is 2.69. The molecule has 0 bridgehead atoms. The quantitative estimate of drug-likeness (QED) is 0.0640. The number of allylic oxidation sites excluding steroid dienone is 1. The van der Waals surface area contributed by atoms with Crippen LogP contribution < -0.4 is 0 Å². The molecule has 70 heavy (non-hydrogen) atoms. The zero-order valence-corrected chi connectivity index (χ0v) is 39.2. The molecular weight excluding hydrogens is 936 g/mol. The van der Waals surface area contributed by atoms with Gasteiger partial charge in [-0.15, -0.1) is 0 Å². The second-order valence-corrected chi connectivity index (χ2v) is 21.6. The average Bonchev–Trinajstić information content (AvgIpc) is 3.81. The standard InChI is InChI=1S/C46H72O24/c1-15-28(51)32(55)36(59)42(63-15)69-38-31(54)25(13-49)67-44(39(38)70-43-37(60)34(57)30(53)24(12-48)66-43)68-26-9-17(50)8-16-4-5-18-20(46(16,26)3)6-7-45(2)21(18)10-22-27(45)19(40(61)64-22)14-62-41-35(58)33(56)29(52)23(11-47)65-41/h4,15,17-39,41-44,47-60H,5-14H2,1-3H3/t15-,17-,18-,19-,20+,21+,22+,23-,24-,25-,26-,27+,28+,29+,30+,31-,32+,33+,34+,35-,36-,37-,38+,39-,41-,42+,43+,44+,45+,46+/m1/s1. The van der Waals surface area contributed by atoms with Crippen molar-refractivity contribution >= 4 is 5.97 Å². The molecule has 0 aromatic carbocycles. The first kappa shape index (κ1) is 53.2. The van der Waals surface area contributed by atoms with Gasteiger partial charge in [0.2, 0.25) is 0 Å². The maximum atomic E-state index is 13.5. The molecule has 4 aliphatic carbocycles. The number of fused-ring (bicyclic) bond motifs is 7. The molecule has 8 fully saturated rings. The highest BCUT2D eigenvalue weighted by molar-refractivity contribution is 5.76. The number of aliphatic hydroxyl groups excluding tert-OH is 14. The van der Waals surface area contributed by atoms with E-state index in [0.29, 0.717) is 32.1 Å². The van der Waals surface area contributed by atoms with Crippen LogP contribution in [0.2, 0.25) is 0 Å². The molecule has 5 heterocycles. The van der Waals surface area contributed by atoms with Crippen LogP contribution in [0.3, 0.4) is 0 Å². The number of carbonyl (C=O) groups is 1. The van der Waals surface area contributed by atoms with Crippen LogP contribution in [0.1, 0.15) is 59.3 Å². The fourth-order valence-corrected chi connectivity index (χ4v) is 13.9. The first-order valence-corrected chi connectivity index (χ1v) is 24.6. The van der Waals surface area contributed by atoms with Crippen LogP contribution in [-0.4, -0.2) is 245 Å². The van der Waals surface area contributed by atoms with Crippen molar-refractivity contribution in [1.29, 1.82) is 0 Å². The number of aliphatic hydroxyl groups is 14. The van der Waals surface area contributed by atoms with Crippen LogP contribution in [0.15, 0.2) is 11.6 Å². The van der Waals surface area contributed by atoms with E-state index in [9.17, 15) is 76.3 Å². The minimum atomic E-state index is -1.96. The normalized spacial score (nSPS) is 55.7.